The number of carbonyl (C=O) groups excluding carboxylic acids is 2. The molecule has 5 N–H and O–H groups in total. The summed E-state index contributed by atoms with van der Waals surface area (Å²) in [4.78, 5) is 28.2. The molecule has 0 aliphatic carbocycles. The summed E-state index contributed by atoms with van der Waals surface area (Å²) in [6.07, 6.45) is 0. The van der Waals surface area contributed by atoms with Gasteiger partial charge in [0.25, 0.3) is 5.91 Å². The molecule has 0 radical (unpaired) electrons. The van der Waals surface area contributed by atoms with Crippen LogP contribution in [0.2, 0.25) is 0 Å². The van der Waals surface area contributed by atoms with Gasteiger partial charge < -0.3 is 26.6 Å². The highest BCUT2D eigenvalue weighted by atomic mass is 16.2. The molecule has 0 saturated heterocycles. The van der Waals surface area contributed by atoms with Gasteiger partial charge >= 0.3 is 6.03 Å². The van der Waals surface area contributed by atoms with Crippen LogP contribution < -0.4 is 26.6 Å². The lowest BCUT2D eigenvalue weighted by molar-refractivity contribution is 0.0964. The number of amidine groups is 1. The quantitative estimate of drug-likeness (QED) is 0.412. The third kappa shape index (κ3) is 4.97. The van der Waals surface area contributed by atoms with Crippen LogP contribution in [0, 0.1) is 0 Å². The summed E-state index contributed by atoms with van der Waals surface area (Å²) >= 11 is 0. The van der Waals surface area contributed by atoms with Gasteiger partial charge in [-0.1, -0.05) is 0 Å². The first kappa shape index (κ1) is 19.8. The zero-order valence-corrected chi connectivity index (χ0v) is 15.8. The summed E-state index contributed by atoms with van der Waals surface area (Å²) in [5.41, 5.74) is 3.26. The van der Waals surface area contributed by atoms with E-state index in [0.717, 1.165) is 11.4 Å². The minimum atomic E-state index is -0.379. The van der Waals surface area contributed by atoms with Gasteiger partial charge in [-0.25, -0.2) is 4.79 Å². The van der Waals surface area contributed by atoms with Crippen LogP contribution in [0.15, 0.2) is 47.5 Å². The second-order valence-corrected chi connectivity index (χ2v) is 5.57. The molecule has 142 valence electrons. The van der Waals surface area contributed by atoms with E-state index in [1.54, 1.807) is 58.5 Å². The summed E-state index contributed by atoms with van der Waals surface area (Å²) in [7, 11) is 6.79. The zero-order chi connectivity index (χ0) is 19.8. The molecule has 2 aromatic rings. The van der Waals surface area contributed by atoms with Gasteiger partial charge in [0, 0.05) is 50.8 Å². The molecule has 0 unspecified atom stereocenters. The first-order chi connectivity index (χ1) is 13.0. The highest BCUT2D eigenvalue weighted by Crippen LogP contribution is 2.21. The van der Waals surface area contributed by atoms with Gasteiger partial charge in [0.05, 0.1) is 5.56 Å². The van der Waals surface area contributed by atoms with E-state index in [4.69, 9.17) is 0 Å². The van der Waals surface area contributed by atoms with Crippen molar-refractivity contribution in [3.63, 3.8) is 0 Å². The van der Waals surface area contributed by atoms with Crippen molar-refractivity contribution in [1.29, 1.82) is 0 Å². The molecule has 0 aliphatic heterocycles. The van der Waals surface area contributed by atoms with Crippen LogP contribution in [0.4, 0.5) is 21.9 Å². The Hall–Kier alpha value is -3.55. The van der Waals surface area contributed by atoms with Crippen LogP contribution in [0.3, 0.4) is 0 Å². The molecule has 0 saturated carbocycles. The van der Waals surface area contributed by atoms with Gasteiger partial charge in [-0.3, -0.25) is 9.79 Å². The Bertz CT molecular complexity index is 846. The van der Waals surface area contributed by atoms with Crippen molar-refractivity contribution in [2.75, 3.05) is 44.1 Å². The van der Waals surface area contributed by atoms with Gasteiger partial charge in [-0.2, -0.15) is 0 Å². The number of urea groups is 1. The average Bonchev–Trinajstić information content (AvgIpc) is 2.69. The highest BCUT2D eigenvalue weighted by molar-refractivity contribution is 6.03. The van der Waals surface area contributed by atoms with Crippen molar-refractivity contribution in [3.8, 4) is 0 Å². The second kappa shape index (κ2) is 9.23. The Balaban J connectivity index is 2.06. The normalized spacial score (nSPS) is 10.7. The number of nitrogens with zero attached hydrogens (tertiary/aromatic N) is 1. The summed E-state index contributed by atoms with van der Waals surface area (Å²) in [5.74, 6) is 0.564. The van der Waals surface area contributed by atoms with Gasteiger partial charge in [-0.15, -0.1) is 0 Å². The van der Waals surface area contributed by atoms with E-state index in [9.17, 15) is 9.59 Å². The predicted octanol–water partition coefficient (Wildman–Crippen LogP) is 2.33. The predicted molar refractivity (Wildman–Crippen MR) is 110 cm³/mol. The number of nitrogens with one attached hydrogen (secondary N) is 5. The number of anilines is 3. The Morgan fingerprint density at radius 2 is 1.48 bits per heavy atom. The summed E-state index contributed by atoms with van der Waals surface area (Å²) < 4.78 is 0. The fourth-order valence-corrected chi connectivity index (χ4v) is 2.55. The molecule has 0 heterocycles. The molecule has 0 aliphatic rings. The Morgan fingerprint density at radius 1 is 0.852 bits per heavy atom. The molecule has 0 bridgehead atoms. The van der Waals surface area contributed by atoms with E-state index >= 15 is 0 Å². The van der Waals surface area contributed by atoms with Crippen LogP contribution in [0.25, 0.3) is 0 Å². The van der Waals surface area contributed by atoms with Crippen LogP contribution in [-0.4, -0.2) is 46.0 Å². The number of hydrogen-bond acceptors (Lipinski definition) is 4. The first-order valence-corrected chi connectivity index (χ1v) is 8.39. The fourth-order valence-electron chi connectivity index (χ4n) is 2.55. The van der Waals surface area contributed by atoms with Gasteiger partial charge in [0.2, 0.25) is 0 Å². The molecule has 8 nitrogen and oxygen atoms in total. The largest absolute Gasteiger partial charge is 0.387 e. The van der Waals surface area contributed by atoms with Crippen LogP contribution >= 0.6 is 0 Å². The highest BCUT2D eigenvalue weighted by Gasteiger charge is 2.11. The second-order valence-electron chi connectivity index (χ2n) is 5.57. The topological polar surface area (TPSA) is 107 Å². The standard InChI is InChI=1S/C19H24N6O2/c1-20-16-11-14(9-10-15(16)18(26)23-4)25-19(27)24-13-7-5-12(6-8-13)17(21-2)22-3/h5-11,20H,1-4H3,(H,21,22)(H,23,26)(H2,24,25,27). The molecule has 2 rings (SSSR count). The molecule has 0 atom stereocenters. The number of benzene rings is 2. The van der Waals surface area contributed by atoms with Gasteiger partial charge in [0.15, 0.2) is 0 Å². The molecule has 8 heteroatoms. The molecule has 0 spiro atoms. The number of rotatable bonds is 5. The van der Waals surface area contributed by atoms with Crippen molar-refractivity contribution in [2.24, 2.45) is 4.99 Å². The smallest absolute Gasteiger partial charge is 0.323 e. The van der Waals surface area contributed by atoms with E-state index in [1.807, 2.05) is 12.1 Å². The molecule has 27 heavy (non-hydrogen) atoms. The lowest BCUT2D eigenvalue weighted by Crippen LogP contribution is -2.21. The van der Waals surface area contributed by atoms with E-state index in [2.05, 4.69) is 31.6 Å². The SMILES string of the molecule is CN=C(NC)c1ccc(NC(=O)Nc2ccc(C(=O)NC)c(NC)c2)cc1. The third-order valence-corrected chi connectivity index (χ3v) is 3.90. The molecule has 2 aromatic carbocycles. The van der Waals surface area contributed by atoms with E-state index in [0.29, 0.717) is 22.6 Å². The molecular weight excluding hydrogens is 344 g/mol. The summed E-state index contributed by atoms with van der Waals surface area (Å²) in [6.45, 7) is 0. The number of amides is 3. The Kier molecular flexibility index (Phi) is 6.76. The van der Waals surface area contributed by atoms with Crippen molar-refractivity contribution in [2.45, 2.75) is 0 Å². The maximum absolute atomic E-state index is 12.2. The van der Waals surface area contributed by atoms with Crippen LogP contribution in [0.5, 0.6) is 0 Å². The maximum atomic E-state index is 12.2. The summed E-state index contributed by atoms with van der Waals surface area (Å²) in [5, 5.41) is 14.1. The molecule has 0 fully saturated rings. The molecule has 3 amide bonds. The third-order valence-electron chi connectivity index (χ3n) is 3.90. The van der Waals surface area contributed by atoms with Crippen LogP contribution in [-0.2, 0) is 0 Å². The zero-order valence-electron chi connectivity index (χ0n) is 15.8. The van der Waals surface area contributed by atoms with Crippen molar-refractivity contribution < 1.29 is 9.59 Å². The molecule has 0 aromatic heterocycles. The fraction of sp³-hybridized carbons (Fsp3) is 0.211. The van der Waals surface area contributed by atoms with Crippen molar-refractivity contribution in [3.05, 3.63) is 53.6 Å². The maximum Gasteiger partial charge on any atom is 0.323 e. The monoisotopic (exact) mass is 368 g/mol. The summed E-state index contributed by atoms with van der Waals surface area (Å²) in [6, 6.07) is 12.0. The van der Waals surface area contributed by atoms with E-state index in [1.165, 1.54) is 0 Å². The minimum Gasteiger partial charge on any atom is -0.387 e. The minimum absolute atomic E-state index is 0.202. The number of aliphatic imine (C=N–C) groups is 1. The Labute approximate surface area is 158 Å². The average molecular weight is 368 g/mol. The Morgan fingerprint density at radius 3 is 2.04 bits per heavy atom. The van der Waals surface area contributed by atoms with Gasteiger partial charge in [0.1, 0.15) is 5.84 Å². The van der Waals surface area contributed by atoms with E-state index < -0.39 is 0 Å². The van der Waals surface area contributed by atoms with Gasteiger partial charge in [-0.05, 0) is 42.5 Å². The van der Waals surface area contributed by atoms with E-state index in [-0.39, 0.29) is 11.9 Å². The number of hydrogen-bond donors (Lipinski definition) is 5. The lowest BCUT2D eigenvalue weighted by atomic mass is 10.1. The van der Waals surface area contributed by atoms with Crippen molar-refractivity contribution in [1.82, 2.24) is 10.6 Å². The first-order valence-electron chi connectivity index (χ1n) is 8.39. The van der Waals surface area contributed by atoms with Crippen LogP contribution in [0.1, 0.15) is 15.9 Å². The van der Waals surface area contributed by atoms with Crippen molar-refractivity contribution >= 4 is 34.8 Å². The number of carbonyl (C=O) groups is 2. The lowest BCUT2D eigenvalue weighted by Gasteiger charge is -2.12. The molecular formula is C19H24N6O2.